The summed E-state index contributed by atoms with van der Waals surface area (Å²) in [6.07, 6.45) is 0. The van der Waals surface area contributed by atoms with Crippen molar-refractivity contribution in [2.45, 2.75) is 26.2 Å². The SMILES string of the molecule is CC(C)(C)c1cccc2c1oc1c2c2ccccc2c2c3ccc4ccccc4c3n(-c3ccccc3)c12. The number of rotatable bonds is 1. The van der Waals surface area contributed by atoms with E-state index in [9.17, 15) is 0 Å². The Morgan fingerprint density at radius 2 is 1.16 bits per heavy atom. The zero-order valence-corrected chi connectivity index (χ0v) is 21.7. The van der Waals surface area contributed by atoms with Crippen LogP contribution >= 0.6 is 0 Å². The van der Waals surface area contributed by atoms with Gasteiger partial charge < -0.3 is 8.98 Å². The Kier molecular flexibility index (Phi) is 4.24. The van der Waals surface area contributed by atoms with Gasteiger partial charge in [0.15, 0.2) is 5.58 Å². The van der Waals surface area contributed by atoms with Crippen LogP contribution in [0.1, 0.15) is 26.3 Å². The number of furan rings is 1. The molecular formula is C36H27NO. The summed E-state index contributed by atoms with van der Waals surface area (Å²) < 4.78 is 9.45. The number of aromatic nitrogens is 1. The number of fused-ring (bicyclic) bond motifs is 12. The van der Waals surface area contributed by atoms with Crippen molar-refractivity contribution in [2.24, 2.45) is 0 Å². The van der Waals surface area contributed by atoms with Crippen LogP contribution in [0.25, 0.3) is 71.0 Å². The molecule has 182 valence electrons. The van der Waals surface area contributed by atoms with E-state index in [2.05, 4.69) is 135 Å². The smallest absolute Gasteiger partial charge is 0.160 e. The molecule has 0 atom stereocenters. The van der Waals surface area contributed by atoms with Crippen molar-refractivity contribution < 1.29 is 4.42 Å². The molecule has 8 aromatic rings. The number of hydrogen-bond donors (Lipinski definition) is 0. The molecule has 0 saturated heterocycles. The summed E-state index contributed by atoms with van der Waals surface area (Å²) in [4.78, 5) is 0. The molecule has 2 aromatic heterocycles. The first-order chi connectivity index (χ1) is 18.5. The second-order valence-corrected chi connectivity index (χ2v) is 11.4. The van der Waals surface area contributed by atoms with Crippen LogP contribution in [0.2, 0.25) is 0 Å². The number of benzene rings is 6. The number of nitrogens with zero attached hydrogens (tertiary/aromatic N) is 1. The van der Waals surface area contributed by atoms with Gasteiger partial charge in [0, 0.05) is 38.2 Å². The maximum absolute atomic E-state index is 7.01. The third-order valence-corrected chi connectivity index (χ3v) is 8.07. The van der Waals surface area contributed by atoms with Crippen molar-refractivity contribution in [1.82, 2.24) is 4.57 Å². The number of para-hydroxylation sites is 2. The summed E-state index contributed by atoms with van der Waals surface area (Å²) >= 11 is 0. The van der Waals surface area contributed by atoms with Crippen molar-refractivity contribution >= 4 is 65.3 Å². The Morgan fingerprint density at radius 3 is 1.92 bits per heavy atom. The highest BCUT2D eigenvalue weighted by molar-refractivity contribution is 6.36. The minimum Gasteiger partial charge on any atom is -0.453 e. The quantitative estimate of drug-likeness (QED) is 0.224. The zero-order valence-electron chi connectivity index (χ0n) is 21.7. The minimum atomic E-state index is -0.0371. The lowest BCUT2D eigenvalue weighted by Crippen LogP contribution is -2.10. The zero-order chi connectivity index (χ0) is 25.6. The molecular weight excluding hydrogens is 462 g/mol. The van der Waals surface area contributed by atoms with Crippen LogP contribution in [-0.4, -0.2) is 4.57 Å². The molecule has 0 radical (unpaired) electrons. The van der Waals surface area contributed by atoms with Gasteiger partial charge in [-0.15, -0.1) is 0 Å². The highest BCUT2D eigenvalue weighted by Gasteiger charge is 2.26. The molecule has 2 heterocycles. The first kappa shape index (κ1) is 21.5. The normalized spacial score (nSPS) is 12.6. The first-order valence-corrected chi connectivity index (χ1v) is 13.3. The molecule has 0 unspecified atom stereocenters. The van der Waals surface area contributed by atoms with Gasteiger partial charge in [0.05, 0.1) is 11.0 Å². The maximum atomic E-state index is 7.01. The standard InChI is InChI=1S/C36H27NO/c1-36(2,3)29-19-11-18-28-31-26-17-10-9-16-25(26)30-27-21-20-22-12-7-8-15-24(22)32(27)37(23-13-5-4-6-14-23)33(30)35(31)38-34(28)29/h4-21H,1-3H3. The van der Waals surface area contributed by atoms with Crippen molar-refractivity contribution in [3.8, 4) is 5.69 Å². The van der Waals surface area contributed by atoms with E-state index in [1.54, 1.807) is 0 Å². The lowest BCUT2D eigenvalue weighted by molar-refractivity contribution is 0.573. The topological polar surface area (TPSA) is 18.1 Å². The van der Waals surface area contributed by atoms with Crippen LogP contribution < -0.4 is 0 Å². The van der Waals surface area contributed by atoms with E-state index < -0.39 is 0 Å². The summed E-state index contributed by atoms with van der Waals surface area (Å²) in [5, 5.41) is 9.84. The van der Waals surface area contributed by atoms with Crippen molar-refractivity contribution in [2.75, 3.05) is 0 Å². The van der Waals surface area contributed by atoms with E-state index >= 15 is 0 Å². The van der Waals surface area contributed by atoms with Gasteiger partial charge in [-0.1, -0.05) is 118 Å². The summed E-state index contributed by atoms with van der Waals surface area (Å²) in [5.41, 5.74) is 6.63. The molecule has 0 aliphatic carbocycles. The highest BCUT2D eigenvalue weighted by atomic mass is 16.3. The van der Waals surface area contributed by atoms with Crippen LogP contribution in [0, 0.1) is 0 Å². The summed E-state index contributed by atoms with van der Waals surface area (Å²) in [5.74, 6) is 0. The van der Waals surface area contributed by atoms with E-state index in [0.29, 0.717) is 0 Å². The Balaban J connectivity index is 1.75. The predicted octanol–water partition coefficient (Wildman–Crippen LogP) is 10.3. The third-order valence-electron chi connectivity index (χ3n) is 8.07. The van der Waals surface area contributed by atoms with Gasteiger partial charge in [-0.3, -0.25) is 0 Å². The molecule has 0 amide bonds. The fourth-order valence-electron chi connectivity index (χ4n) is 6.44. The number of hydrogen-bond acceptors (Lipinski definition) is 1. The molecule has 0 N–H and O–H groups in total. The van der Waals surface area contributed by atoms with E-state index in [1.165, 1.54) is 54.2 Å². The molecule has 2 heteroatoms. The summed E-state index contributed by atoms with van der Waals surface area (Å²) in [6.45, 7) is 6.78. The predicted molar refractivity (Wildman–Crippen MR) is 162 cm³/mol. The molecule has 8 rings (SSSR count). The Bertz CT molecular complexity index is 2200. The fraction of sp³-hybridized carbons (Fsp3) is 0.111. The molecule has 38 heavy (non-hydrogen) atoms. The molecule has 0 bridgehead atoms. The average Bonchev–Trinajstić information content (AvgIpc) is 3.50. The van der Waals surface area contributed by atoms with Crippen LogP contribution in [0.4, 0.5) is 0 Å². The highest BCUT2D eigenvalue weighted by Crippen LogP contribution is 2.48. The Labute approximate surface area is 220 Å². The molecule has 0 fully saturated rings. The third kappa shape index (κ3) is 2.78. The maximum Gasteiger partial charge on any atom is 0.160 e. The molecule has 6 aromatic carbocycles. The van der Waals surface area contributed by atoms with Crippen LogP contribution in [0.3, 0.4) is 0 Å². The van der Waals surface area contributed by atoms with Crippen molar-refractivity contribution in [3.05, 3.63) is 115 Å². The molecule has 0 spiro atoms. The van der Waals surface area contributed by atoms with Gasteiger partial charge in [0.1, 0.15) is 5.58 Å². The summed E-state index contributed by atoms with van der Waals surface area (Å²) in [6, 6.07) is 39.4. The van der Waals surface area contributed by atoms with Crippen LogP contribution in [-0.2, 0) is 5.41 Å². The lowest BCUT2D eigenvalue weighted by atomic mass is 9.86. The second kappa shape index (κ2) is 7.49. The first-order valence-electron chi connectivity index (χ1n) is 13.3. The van der Waals surface area contributed by atoms with E-state index in [4.69, 9.17) is 4.42 Å². The second-order valence-electron chi connectivity index (χ2n) is 11.4. The fourth-order valence-corrected chi connectivity index (χ4v) is 6.44. The van der Waals surface area contributed by atoms with Crippen LogP contribution in [0.5, 0.6) is 0 Å². The Morgan fingerprint density at radius 1 is 0.500 bits per heavy atom. The molecule has 0 aliphatic heterocycles. The van der Waals surface area contributed by atoms with Gasteiger partial charge >= 0.3 is 0 Å². The average molecular weight is 490 g/mol. The van der Waals surface area contributed by atoms with Crippen LogP contribution in [0.15, 0.2) is 114 Å². The van der Waals surface area contributed by atoms with Gasteiger partial charge in [-0.2, -0.15) is 0 Å². The van der Waals surface area contributed by atoms with E-state index in [1.807, 2.05) is 0 Å². The van der Waals surface area contributed by atoms with Crippen molar-refractivity contribution in [1.29, 1.82) is 0 Å². The van der Waals surface area contributed by atoms with Gasteiger partial charge in [-0.05, 0) is 33.7 Å². The summed E-state index contributed by atoms with van der Waals surface area (Å²) in [7, 11) is 0. The molecule has 0 saturated carbocycles. The Hall–Kier alpha value is -4.56. The minimum absolute atomic E-state index is 0.0371. The van der Waals surface area contributed by atoms with Crippen molar-refractivity contribution in [3.63, 3.8) is 0 Å². The van der Waals surface area contributed by atoms with Gasteiger partial charge in [-0.25, -0.2) is 0 Å². The lowest BCUT2D eigenvalue weighted by Gasteiger charge is -2.18. The monoisotopic (exact) mass is 489 g/mol. The van der Waals surface area contributed by atoms with E-state index in [-0.39, 0.29) is 5.41 Å². The van der Waals surface area contributed by atoms with Gasteiger partial charge in [0.25, 0.3) is 0 Å². The van der Waals surface area contributed by atoms with E-state index in [0.717, 1.165) is 22.4 Å². The van der Waals surface area contributed by atoms with Gasteiger partial charge in [0.2, 0.25) is 0 Å². The molecule has 0 aliphatic rings. The molecule has 2 nitrogen and oxygen atoms in total. The largest absolute Gasteiger partial charge is 0.453 e.